The molecule has 0 aliphatic heterocycles. The summed E-state index contributed by atoms with van der Waals surface area (Å²) in [4.78, 5) is 29.1. The zero-order chi connectivity index (χ0) is 19.2. The van der Waals surface area contributed by atoms with Crippen molar-refractivity contribution in [3.63, 3.8) is 0 Å². The zero-order valence-electron chi connectivity index (χ0n) is 15.3. The van der Waals surface area contributed by atoms with Gasteiger partial charge in [0.05, 0.1) is 17.6 Å². The molecule has 2 aromatic carbocycles. The highest BCUT2D eigenvalue weighted by Gasteiger charge is 2.24. The molecule has 3 amide bonds. The van der Waals surface area contributed by atoms with E-state index >= 15 is 0 Å². The Kier molecular flexibility index (Phi) is 5.66. The first-order valence-electron chi connectivity index (χ1n) is 8.81. The van der Waals surface area contributed by atoms with Crippen molar-refractivity contribution in [1.29, 1.82) is 0 Å². The molecule has 0 bridgehead atoms. The minimum absolute atomic E-state index is 0.0834. The van der Waals surface area contributed by atoms with Crippen molar-refractivity contribution < 1.29 is 9.59 Å². The van der Waals surface area contributed by atoms with Crippen molar-refractivity contribution in [1.82, 2.24) is 10.3 Å². The smallest absolute Gasteiger partial charge is 0.319 e. The molecule has 0 unspecified atom stereocenters. The van der Waals surface area contributed by atoms with E-state index in [2.05, 4.69) is 20.9 Å². The third-order valence-electron chi connectivity index (χ3n) is 4.20. The van der Waals surface area contributed by atoms with Crippen LogP contribution in [0.1, 0.15) is 13.8 Å². The monoisotopic (exact) mass is 362 g/mol. The SMILES string of the molecule is CC(C)[C@H](NC(=O)Nc1cccc2ccccc12)C(=O)Nc1cccnc1. The molecule has 0 aliphatic carbocycles. The second-order valence-corrected chi connectivity index (χ2v) is 6.58. The van der Waals surface area contributed by atoms with Gasteiger partial charge in [-0.25, -0.2) is 4.79 Å². The summed E-state index contributed by atoms with van der Waals surface area (Å²) in [6, 6.07) is 15.9. The number of nitrogens with zero attached hydrogens (tertiary/aromatic N) is 1. The molecule has 1 aromatic heterocycles. The largest absolute Gasteiger partial charge is 0.326 e. The maximum absolute atomic E-state index is 12.6. The van der Waals surface area contributed by atoms with E-state index < -0.39 is 12.1 Å². The summed E-state index contributed by atoms with van der Waals surface area (Å²) in [7, 11) is 0. The molecule has 138 valence electrons. The van der Waals surface area contributed by atoms with Crippen LogP contribution in [-0.4, -0.2) is 23.0 Å². The van der Waals surface area contributed by atoms with Crippen LogP contribution in [0.25, 0.3) is 10.8 Å². The summed E-state index contributed by atoms with van der Waals surface area (Å²) < 4.78 is 0. The standard InChI is InChI=1S/C21H22N4O2/c1-14(2)19(20(26)23-16-9-6-12-22-13-16)25-21(27)24-18-11-5-8-15-7-3-4-10-17(15)18/h3-14,19H,1-2H3,(H,23,26)(H2,24,25,27)/t19-/m0/s1. The first-order chi connectivity index (χ1) is 13.0. The van der Waals surface area contributed by atoms with E-state index in [1.165, 1.54) is 0 Å². The average molecular weight is 362 g/mol. The van der Waals surface area contributed by atoms with Crippen LogP contribution < -0.4 is 16.0 Å². The Labute approximate surface area is 158 Å². The fourth-order valence-electron chi connectivity index (χ4n) is 2.83. The van der Waals surface area contributed by atoms with E-state index in [1.54, 1.807) is 24.5 Å². The van der Waals surface area contributed by atoms with Gasteiger partial charge in [0.2, 0.25) is 5.91 Å². The van der Waals surface area contributed by atoms with Gasteiger partial charge in [-0.2, -0.15) is 0 Å². The summed E-state index contributed by atoms with van der Waals surface area (Å²) in [6.45, 7) is 3.76. The van der Waals surface area contributed by atoms with Crippen LogP contribution in [0.5, 0.6) is 0 Å². The summed E-state index contributed by atoms with van der Waals surface area (Å²) in [6.07, 6.45) is 3.19. The average Bonchev–Trinajstić information content (AvgIpc) is 2.67. The van der Waals surface area contributed by atoms with Crippen molar-refractivity contribution in [3.05, 3.63) is 67.0 Å². The Balaban J connectivity index is 1.70. The molecule has 6 nitrogen and oxygen atoms in total. The van der Waals surface area contributed by atoms with E-state index in [-0.39, 0.29) is 11.8 Å². The Morgan fingerprint density at radius 1 is 0.926 bits per heavy atom. The second kappa shape index (κ2) is 8.31. The Bertz CT molecular complexity index is 936. The van der Waals surface area contributed by atoms with Crippen LogP contribution in [0, 0.1) is 5.92 Å². The number of carbonyl (C=O) groups is 2. The zero-order valence-corrected chi connectivity index (χ0v) is 15.3. The Hall–Kier alpha value is -3.41. The molecule has 27 heavy (non-hydrogen) atoms. The minimum atomic E-state index is -0.680. The topological polar surface area (TPSA) is 83.1 Å². The number of hydrogen-bond acceptors (Lipinski definition) is 3. The molecule has 3 N–H and O–H groups in total. The number of hydrogen-bond donors (Lipinski definition) is 3. The second-order valence-electron chi connectivity index (χ2n) is 6.58. The number of pyridine rings is 1. The van der Waals surface area contributed by atoms with Gasteiger partial charge in [-0.15, -0.1) is 0 Å². The molecule has 1 atom stereocenters. The number of anilines is 2. The number of benzene rings is 2. The molecule has 0 radical (unpaired) electrons. The summed E-state index contributed by atoms with van der Waals surface area (Å²) in [5.74, 6) is -0.369. The lowest BCUT2D eigenvalue weighted by atomic mass is 10.0. The predicted octanol–water partition coefficient (Wildman–Crippen LogP) is 4.02. The number of nitrogens with one attached hydrogen (secondary N) is 3. The molecule has 3 aromatic rings. The molecule has 1 heterocycles. The van der Waals surface area contributed by atoms with Gasteiger partial charge in [-0.05, 0) is 29.5 Å². The summed E-state index contributed by atoms with van der Waals surface area (Å²) in [5, 5.41) is 10.4. The molecular weight excluding hydrogens is 340 g/mol. The molecule has 0 saturated heterocycles. The molecule has 0 fully saturated rings. The first kappa shape index (κ1) is 18.4. The van der Waals surface area contributed by atoms with E-state index in [0.717, 1.165) is 10.8 Å². The van der Waals surface area contributed by atoms with Crippen LogP contribution in [0.3, 0.4) is 0 Å². The molecule has 0 spiro atoms. The summed E-state index contributed by atoms with van der Waals surface area (Å²) >= 11 is 0. The third-order valence-corrected chi connectivity index (χ3v) is 4.20. The molecule has 0 saturated carbocycles. The van der Waals surface area contributed by atoms with Gasteiger partial charge in [0.1, 0.15) is 6.04 Å². The van der Waals surface area contributed by atoms with Crippen molar-refractivity contribution in [2.24, 2.45) is 5.92 Å². The maximum atomic E-state index is 12.6. The van der Waals surface area contributed by atoms with Gasteiger partial charge in [0.15, 0.2) is 0 Å². The number of amides is 3. The molecule has 6 heteroatoms. The quantitative estimate of drug-likeness (QED) is 0.641. The van der Waals surface area contributed by atoms with Gasteiger partial charge in [-0.3, -0.25) is 9.78 Å². The van der Waals surface area contributed by atoms with Crippen LogP contribution in [-0.2, 0) is 4.79 Å². The highest BCUT2D eigenvalue weighted by atomic mass is 16.2. The normalized spacial score (nSPS) is 11.8. The van der Waals surface area contributed by atoms with E-state index in [1.807, 2.05) is 56.3 Å². The first-order valence-corrected chi connectivity index (χ1v) is 8.81. The van der Waals surface area contributed by atoms with Crippen LogP contribution in [0.4, 0.5) is 16.2 Å². The summed E-state index contributed by atoms with van der Waals surface area (Å²) in [5.41, 5.74) is 1.28. The van der Waals surface area contributed by atoms with Gasteiger partial charge in [0, 0.05) is 11.6 Å². The lowest BCUT2D eigenvalue weighted by Gasteiger charge is -2.22. The lowest BCUT2D eigenvalue weighted by Crippen LogP contribution is -2.48. The molecular formula is C21H22N4O2. The fraction of sp³-hybridized carbons (Fsp3) is 0.190. The molecule has 0 aliphatic rings. The van der Waals surface area contributed by atoms with Crippen LogP contribution in [0.2, 0.25) is 0 Å². The van der Waals surface area contributed by atoms with E-state index in [0.29, 0.717) is 11.4 Å². The number of carbonyl (C=O) groups excluding carboxylic acids is 2. The Morgan fingerprint density at radius 2 is 1.70 bits per heavy atom. The van der Waals surface area contributed by atoms with Crippen LogP contribution >= 0.6 is 0 Å². The van der Waals surface area contributed by atoms with Crippen molar-refractivity contribution >= 4 is 34.1 Å². The predicted molar refractivity (Wildman–Crippen MR) is 108 cm³/mol. The third kappa shape index (κ3) is 4.61. The fourth-order valence-corrected chi connectivity index (χ4v) is 2.83. The van der Waals surface area contributed by atoms with E-state index in [4.69, 9.17) is 0 Å². The maximum Gasteiger partial charge on any atom is 0.319 e. The number of fused-ring (bicyclic) bond motifs is 1. The highest BCUT2D eigenvalue weighted by Crippen LogP contribution is 2.22. The van der Waals surface area contributed by atoms with E-state index in [9.17, 15) is 9.59 Å². The van der Waals surface area contributed by atoms with Gasteiger partial charge < -0.3 is 16.0 Å². The minimum Gasteiger partial charge on any atom is -0.326 e. The van der Waals surface area contributed by atoms with Crippen molar-refractivity contribution in [2.45, 2.75) is 19.9 Å². The molecule has 3 rings (SSSR count). The number of aromatic nitrogens is 1. The van der Waals surface area contributed by atoms with Crippen LogP contribution in [0.15, 0.2) is 67.0 Å². The lowest BCUT2D eigenvalue weighted by molar-refractivity contribution is -0.118. The number of urea groups is 1. The number of rotatable bonds is 5. The Morgan fingerprint density at radius 3 is 2.44 bits per heavy atom. The van der Waals surface area contributed by atoms with Crippen molar-refractivity contribution in [3.8, 4) is 0 Å². The van der Waals surface area contributed by atoms with Gasteiger partial charge >= 0.3 is 6.03 Å². The van der Waals surface area contributed by atoms with Gasteiger partial charge in [-0.1, -0.05) is 50.2 Å². The highest BCUT2D eigenvalue weighted by molar-refractivity contribution is 6.03. The van der Waals surface area contributed by atoms with Crippen molar-refractivity contribution in [2.75, 3.05) is 10.6 Å². The van der Waals surface area contributed by atoms with Gasteiger partial charge in [0.25, 0.3) is 0 Å².